The van der Waals surface area contributed by atoms with Crippen LogP contribution in [0, 0.1) is 5.41 Å². The second-order valence-electron chi connectivity index (χ2n) is 7.12. The lowest BCUT2D eigenvalue weighted by Gasteiger charge is -2.24. The van der Waals surface area contributed by atoms with E-state index < -0.39 is 11.9 Å². The predicted octanol–water partition coefficient (Wildman–Crippen LogP) is 5.26. The van der Waals surface area contributed by atoms with Crippen LogP contribution in [-0.4, -0.2) is 23.7 Å². The number of benzene rings is 1. The van der Waals surface area contributed by atoms with Crippen LogP contribution < -0.4 is 0 Å². The van der Waals surface area contributed by atoms with E-state index in [1.165, 1.54) is 0 Å². The average molecular weight is 399 g/mol. The van der Waals surface area contributed by atoms with Gasteiger partial charge >= 0.3 is 11.9 Å². The summed E-state index contributed by atoms with van der Waals surface area (Å²) in [5.41, 5.74) is 1.76. The van der Waals surface area contributed by atoms with Crippen molar-refractivity contribution in [3.05, 3.63) is 32.8 Å². The smallest absolute Gasteiger partial charge is 0.339 e. The highest BCUT2D eigenvalue weighted by molar-refractivity contribution is 9.10. The summed E-state index contributed by atoms with van der Waals surface area (Å²) in [6, 6.07) is 1.59. The summed E-state index contributed by atoms with van der Waals surface area (Å²) in [4.78, 5) is 24.3. The minimum atomic E-state index is -1.08. The third-order valence-electron chi connectivity index (χ3n) is 3.72. The van der Waals surface area contributed by atoms with E-state index in [1.54, 1.807) is 6.07 Å². The molecule has 0 heterocycles. The molecular formula is C19H27BrO4. The molecule has 0 aliphatic rings. The van der Waals surface area contributed by atoms with E-state index in [0.717, 1.165) is 22.9 Å². The number of esters is 1. The Hall–Kier alpha value is -1.36. The Morgan fingerprint density at radius 3 is 2.29 bits per heavy atom. The first kappa shape index (κ1) is 20.7. The zero-order chi connectivity index (χ0) is 18.5. The van der Waals surface area contributed by atoms with Gasteiger partial charge in [0.2, 0.25) is 0 Å². The quantitative estimate of drug-likeness (QED) is 0.502. The summed E-state index contributed by atoms with van der Waals surface area (Å²) >= 11 is 3.50. The Labute approximate surface area is 152 Å². The van der Waals surface area contributed by atoms with Crippen LogP contribution in [0.15, 0.2) is 10.5 Å². The van der Waals surface area contributed by atoms with Crippen molar-refractivity contribution in [2.45, 2.75) is 60.3 Å². The van der Waals surface area contributed by atoms with Crippen LogP contribution in [0.25, 0.3) is 0 Å². The van der Waals surface area contributed by atoms with Gasteiger partial charge in [-0.1, -0.05) is 57.0 Å². The van der Waals surface area contributed by atoms with Crippen molar-refractivity contribution in [1.82, 2.24) is 0 Å². The molecule has 0 aliphatic heterocycles. The van der Waals surface area contributed by atoms with Gasteiger partial charge in [-0.3, -0.25) is 0 Å². The number of unbranched alkanes of at least 4 members (excludes halogenated alkanes) is 1. The Bertz CT molecular complexity index is 615. The van der Waals surface area contributed by atoms with E-state index in [1.807, 2.05) is 13.8 Å². The number of halogens is 1. The molecule has 0 unspecified atom stereocenters. The van der Waals surface area contributed by atoms with Gasteiger partial charge in [-0.05, 0) is 41.9 Å². The summed E-state index contributed by atoms with van der Waals surface area (Å²) in [6.45, 7) is 10.5. The first-order valence-corrected chi connectivity index (χ1v) is 9.16. The fourth-order valence-corrected chi connectivity index (χ4v) is 3.39. The Morgan fingerprint density at radius 2 is 1.83 bits per heavy atom. The van der Waals surface area contributed by atoms with Crippen molar-refractivity contribution in [3.8, 4) is 0 Å². The molecule has 5 heteroatoms. The van der Waals surface area contributed by atoms with Crippen molar-refractivity contribution < 1.29 is 19.4 Å². The summed E-state index contributed by atoms with van der Waals surface area (Å²) < 4.78 is 6.01. The number of carbonyl (C=O) groups is 2. The van der Waals surface area contributed by atoms with E-state index >= 15 is 0 Å². The molecule has 0 aromatic heterocycles. The second-order valence-corrected chi connectivity index (χ2v) is 7.98. The molecule has 0 saturated heterocycles. The molecule has 24 heavy (non-hydrogen) atoms. The van der Waals surface area contributed by atoms with Gasteiger partial charge in [-0.15, -0.1) is 0 Å². The topological polar surface area (TPSA) is 63.6 Å². The maximum absolute atomic E-state index is 12.4. The van der Waals surface area contributed by atoms with Gasteiger partial charge < -0.3 is 9.84 Å². The monoisotopic (exact) mass is 398 g/mol. The van der Waals surface area contributed by atoms with Crippen LogP contribution in [-0.2, 0) is 17.6 Å². The maximum Gasteiger partial charge on any atom is 0.339 e. The van der Waals surface area contributed by atoms with Crippen LogP contribution in [0.3, 0.4) is 0 Å². The van der Waals surface area contributed by atoms with Crippen molar-refractivity contribution in [3.63, 3.8) is 0 Å². The molecule has 4 nitrogen and oxygen atoms in total. The molecule has 0 spiro atoms. The molecule has 0 fully saturated rings. The Balaban J connectivity index is 3.49. The predicted molar refractivity (Wildman–Crippen MR) is 98.8 cm³/mol. The number of ether oxygens (including phenoxy) is 1. The molecular weight excluding hydrogens is 372 g/mol. The highest BCUT2D eigenvalue weighted by Gasteiger charge is 2.28. The van der Waals surface area contributed by atoms with Crippen molar-refractivity contribution in [1.29, 1.82) is 0 Å². The van der Waals surface area contributed by atoms with Gasteiger partial charge in [-0.2, -0.15) is 0 Å². The zero-order valence-corrected chi connectivity index (χ0v) is 16.7. The normalized spacial score (nSPS) is 11.4. The highest BCUT2D eigenvalue weighted by Crippen LogP contribution is 2.33. The molecule has 0 aliphatic carbocycles. The first-order chi connectivity index (χ1) is 11.1. The van der Waals surface area contributed by atoms with Crippen molar-refractivity contribution >= 4 is 27.9 Å². The standard InChI is InChI=1S/C19H27BrO4/c1-6-8-9-24-18(23)13-10-15(20)12(7-2)14(11-19(3,4)5)16(13)17(21)22/h10H,6-9,11H2,1-5H3,(H,21,22). The number of carboxylic acids is 1. The van der Waals surface area contributed by atoms with Gasteiger partial charge in [0.15, 0.2) is 0 Å². The Kier molecular flexibility index (Phi) is 7.46. The van der Waals surface area contributed by atoms with E-state index in [0.29, 0.717) is 25.0 Å². The molecule has 1 rings (SSSR count). The number of hydrogen-bond acceptors (Lipinski definition) is 3. The molecule has 0 atom stereocenters. The van der Waals surface area contributed by atoms with Gasteiger partial charge in [0.25, 0.3) is 0 Å². The SMILES string of the molecule is CCCCOC(=O)c1cc(Br)c(CC)c(CC(C)(C)C)c1C(=O)O. The van der Waals surface area contributed by atoms with Gasteiger partial charge in [0.1, 0.15) is 0 Å². The lowest BCUT2D eigenvalue weighted by atomic mass is 9.82. The van der Waals surface area contributed by atoms with Gasteiger partial charge in [-0.25, -0.2) is 9.59 Å². The molecule has 0 bridgehead atoms. The van der Waals surface area contributed by atoms with E-state index in [4.69, 9.17) is 4.74 Å². The summed E-state index contributed by atoms with van der Waals surface area (Å²) in [5.74, 6) is -1.65. The number of aromatic carboxylic acids is 1. The minimum absolute atomic E-state index is 0.0754. The van der Waals surface area contributed by atoms with Crippen molar-refractivity contribution in [2.24, 2.45) is 5.41 Å². The minimum Gasteiger partial charge on any atom is -0.478 e. The van der Waals surface area contributed by atoms with Crippen LogP contribution in [0.1, 0.15) is 79.3 Å². The molecule has 1 N–H and O–H groups in total. The van der Waals surface area contributed by atoms with Crippen LogP contribution in [0.5, 0.6) is 0 Å². The largest absolute Gasteiger partial charge is 0.478 e. The molecule has 0 radical (unpaired) electrons. The van der Waals surface area contributed by atoms with Crippen LogP contribution in [0.2, 0.25) is 0 Å². The van der Waals surface area contributed by atoms with E-state index in [9.17, 15) is 14.7 Å². The second kappa shape index (κ2) is 8.65. The summed E-state index contributed by atoms with van der Waals surface area (Å²) in [7, 11) is 0. The first-order valence-electron chi connectivity index (χ1n) is 8.37. The molecule has 134 valence electrons. The number of rotatable bonds is 7. The van der Waals surface area contributed by atoms with Crippen LogP contribution in [0.4, 0.5) is 0 Å². The fourth-order valence-electron chi connectivity index (χ4n) is 2.64. The van der Waals surface area contributed by atoms with Gasteiger partial charge in [0, 0.05) is 4.47 Å². The highest BCUT2D eigenvalue weighted by atomic mass is 79.9. The van der Waals surface area contributed by atoms with Gasteiger partial charge in [0.05, 0.1) is 17.7 Å². The summed E-state index contributed by atoms with van der Waals surface area (Å²) in [6.07, 6.45) is 2.94. The lowest BCUT2D eigenvalue weighted by molar-refractivity contribution is 0.0488. The number of hydrogen-bond donors (Lipinski definition) is 1. The third kappa shape index (κ3) is 5.33. The summed E-state index contributed by atoms with van der Waals surface area (Å²) in [5, 5.41) is 9.75. The molecule has 0 saturated carbocycles. The number of carbonyl (C=O) groups excluding carboxylic acids is 1. The molecule has 0 amide bonds. The fraction of sp³-hybridized carbons (Fsp3) is 0.579. The third-order valence-corrected chi connectivity index (χ3v) is 4.43. The molecule has 1 aromatic rings. The average Bonchev–Trinajstić information content (AvgIpc) is 2.45. The van der Waals surface area contributed by atoms with Crippen molar-refractivity contribution in [2.75, 3.05) is 6.61 Å². The maximum atomic E-state index is 12.4. The Morgan fingerprint density at radius 1 is 1.21 bits per heavy atom. The molecule has 1 aromatic carbocycles. The van der Waals surface area contributed by atoms with Crippen LogP contribution >= 0.6 is 15.9 Å². The lowest BCUT2D eigenvalue weighted by Crippen LogP contribution is -2.20. The number of carboxylic acid groups (broad SMARTS) is 1. The zero-order valence-electron chi connectivity index (χ0n) is 15.2. The van der Waals surface area contributed by atoms with E-state index in [2.05, 4.69) is 36.7 Å². The van der Waals surface area contributed by atoms with E-state index in [-0.39, 0.29) is 16.5 Å².